The summed E-state index contributed by atoms with van der Waals surface area (Å²) in [5, 5.41) is 0.709. The van der Waals surface area contributed by atoms with E-state index in [-0.39, 0.29) is 32.3 Å². The van der Waals surface area contributed by atoms with Crippen LogP contribution in [0.4, 0.5) is 0 Å². The average Bonchev–Trinajstić information content (AvgIpc) is 2.53. The van der Waals surface area contributed by atoms with E-state index in [0.29, 0.717) is 17.0 Å². The summed E-state index contributed by atoms with van der Waals surface area (Å²) in [6.07, 6.45) is 0.705. The van der Waals surface area contributed by atoms with Crippen molar-refractivity contribution in [3.8, 4) is 0 Å². The van der Waals surface area contributed by atoms with Crippen LogP contribution in [0.15, 0.2) is 30.3 Å². The predicted molar refractivity (Wildman–Crippen MR) is 113 cm³/mol. The van der Waals surface area contributed by atoms with Gasteiger partial charge >= 0.3 is 0 Å². The molecule has 0 amide bonds. The summed E-state index contributed by atoms with van der Waals surface area (Å²) in [6, 6.07) is 8.64. The molecule has 0 aliphatic heterocycles. The minimum atomic E-state index is -1.66. The Balaban J connectivity index is 2.59. The predicted octanol–water partition coefficient (Wildman–Crippen LogP) is 7.52. The van der Waals surface area contributed by atoms with E-state index in [2.05, 4.69) is 0 Å². The van der Waals surface area contributed by atoms with Gasteiger partial charge in [0.2, 0.25) is 0 Å². The Morgan fingerprint density at radius 2 is 1.42 bits per heavy atom. The number of halogens is 3. The zero-order valence-corrected chi connectivity index (χ0v) is 18.2. The topological polar surface area (TPSA) is 34.1 Å². The van der Waals surface area contributed by atoms with Gasteiger partial charge in [0.05, 0.1) is 15.6 Å². The molecule has 0 radical (unpaired) electrons. The van der Waals surface area contributed by atoms with E-state index in [9.17, 15) is 9.59 Å². The molecule has 6 heteroatoms. The van der Waals surface area contributed by atoms with Gasteiger partial charge in [-0.2, -0.15) is 0 Å². The molecule has 0 aliphatic rings. The number of aryl methyl sites for hydroxylation is 2. The monoisotopic (exact) mass is 428 g/mol. The Hall–Kier alpha value is -0.920. The Morgan fingerprint density at radius 3 is 1.88 bits per heavy atom. The summed E-state index contributed by atoms with van der Waals surface area (Å²) in [7, 11) is -1.66. The molecule has 0 aromatic heterocycles. The highest BCUT2D eigenvalue weighted by atomic mass is 35.5. The third kappa shape index (κ3) is 4.31. The smallest absolute Gasteiger partial charge is 0.195 e. The third-order valence-corrected chi connectivity index (χ3v) is 7.77. The molecule has 0 N–H and O–H groups in total. The molecule has 2 rings (SSSR count). The van der Waals surface area contributed by atoms with Gasteiger partial charge in [-0.15, -0.1) is 0 Å². The Kier molecular flexibility index (Phi) is 7.27. The fourth-order valence-corrected chi connectivity index (χ4v) is 6.36. The highest BCUT2D eigenvalue weighted by Gasteiger charge is 2.35. The van der Waals surface area contributed by atoms with Gasteiger partial charge in [-0.05, 0) is 49.2 Å². The molecule has 138 valence electrons. The van der Waals surface area contributed by atoms with E-state index in [1.54, 1.807) is 0 Å². The summed E-state index contributed by atoms with van der Waals surface area (Å²) < 4.78 is 0. The molecule has 26 heavy (non-hydrogen) atoms. The minimum absolute atomic E-state index is 0.0909. The molecule has 0 heterocycles. The van der Waals surface area contributed by atoms with Crippen LogP contribution in [-0.2, 0) is 0 Å². The first-order valence-electron chi connectivity index (χ1n) is 8.27. The SMILES string of the molecule is CCC(C)P(C(=O)c1c(C)cccc1C)C(=O)c1c(Cl)cc(Cl)cc1Cl. The fourth-order valence-electron chi connectivity index (χ4n) is 2.81. The molecule has 2 aromatic carbocycles. The van der Waals surface area contributed by atoms with Crippen LogP contribution in [0, 0.1) is 13.8 Å². The van der Waals surface area contributed by atoms with Crippen LogP contribution in [0.25, 0.3) is 0 Å². The summed E-state index contributed by atoms with van der Waals surface area (Å²) in [5.41, 5.74) is 2.02. The maximum Gasteiger partial charge on any atom is 0.195 e. The zero-order chi connectivity index (χ0) is 19.6. The quantitative estimate of drug-likeness (QED) is 0.445. The van der Waals surface area contributed by atoms with Crippen molar-refractivity contribution >= 4 is 53.8 Å². The van der Waals surface area contributed by atoms with Crippen LogP contribution in [0.1, 0.15) is 52.1 Å². The largest absolute Gasteiger partial charge is 0.289 e. The fraction of sp³-hybridized carbons (Fsp3) is 0.300. The van der Waals surface area contributed by atoms with E-state index in [1.165, 1.54) is 12.1 Å². The molecule has 0 bridgehead atoms. The van der Waals surface area contributed by atoms with Gasteiger partial charge in [-0.25, -0.2) is 0 Å². The van der Waals surface area contributed by atoms with E-state index in [1.807, 2.05) is 45.9 Å². The molecule has 0 saturated carbocycles. The number of rotatable bonds is 6. The van der Waals surface area contributed by atoms with E-state index in [4.69, 9.17) is 34.8 Å². The summed E-state index contributed by atoms with van der Waals surface area (Å²) in [6.45, 7) is 7.66. The molecule has 0 fully saturated rings. The van der Waals surface area contributed by atoms with Crippen LogP contribution < -0.4 is 0 Å². The van der Waals surface area contributed by atoms with E-state index >= 15 is 0 Å². The van der Waals surface area contributed by atoms with E-state index < -0.39 is 7.92 Å². The number of carbonyl (C=O) groups is 2. The number of hydrogen-bond donors (Lipinski definition) is 0. The van der Waals surface area contributed by atoms with Gasteiger partial charge in [0, 0.05) is 18.5 Å². The highest BCUT2D eigenvalue weighted by molar-refractivity contribution is 7.90. The van der Waals surface area contributed by atoms with Crippen LogP contribution in [-0.4, -0.2) is 16.7 Å². The summed E-state index contributed by atoms with van der Waals surface area (Å²) >= 11 is 18.4. The van der Waals surface area contributed by atoms with Gasteiger partial charge in [0.15, 0.2) is 11.0 Å². The van der Waals surface area contributed by atoms with E-state index in [0.717, 1.165) is 11.1 Å². The van der Waals surface area contributed by atoms with Crippen molar-refractivity contribution in [3.63, 3.8) is 0 Å². The van der Waals surface area contributed by atoms with Gasteiger partial charge in [-0.3, -0.25) is 9.59 Å². The molecule has 2 aromatic rings. The molecule has 2 atom stereocenters. The maximum atomic E-state index is 13.4. The molecule has 0 aliphatic carbocycles. The van der Waals surface area contributed by atoms with Crippen molar-refractivity contribution in [2.24, 2.45) is 0 Å². The minimum Gasteiger partial charge on any atom is -0.289 e. The second kappa shape index (κ2) is 8.85. The van der Waals surface area contributed by atoms with Crippen molar-refractivity contribution in [2.75, 3.05) is 0 Å². The molecule has 0 saturated heterocycles. The zero-order valence-electron chi connectivity index (χ0n) is 15.1. The van der Waals surface area contributed by atoms with Gasteiger partial charge in [0.25, 0.3) is 0 Å². The van der Waals surface area contributed by atoms with Crippen molar-refractivity contribution in [1.82, 2.24) is 0 Å². The molecule has 0 spiro atoms. The first kappa shape index (κ1) is 21.4. The van der Waals surface area contributed by atoms with Crippen LogP contribution >= 0.6 is 42.7 Å². The molecule has 2 nitrogen and oxygen atoms in total. The van der Waals surface area contributed by atoms with Crippen molar-refractivity contribution in [1.29, 1.82) is 0 Å². The van der Waals surface area contributed by atoms with Gasteiger partial charge in [0.1, 0.15) is 0 Å². The van der Waals surface area contributed by atoms with Crippen molar-refractivity contribution < 1.29 is 9.59 Å². The van der Waals surface area contributed by atoms with Gasteiger partial charge < -0.3 is 0 Å². The number of benzene rings is 2. The average molecular weight is 430 g/mol. The standard InChI is InChI=1S/C20H20Cl3O2P/c1-5-13(4)26(19(24)17-11(2)7-6-8-12(17)3)20(25)18-15(22)9-14(21)10-16(18)23/h6-10,13H,5H2,1-4H3. The van der Waals surface area contributed by atoms with Gasteiger partial charge in [-0.1, -0.05) is 66.8 Å². The summed E-state index contributed by atoms with van der Waals surface area (Å²) in [5.74, 6) is 0. The third-order valence-electron chi connectivity index (χ3n) is 4.38. The lowest BCUT2D eigenvalue weighted by Crippen LogP contribution is -2.17. The number of hydrogen-bond acceptors (Lipinski definition) is 2. The first-order valence-corrected chi connectivity index (χ1v) is 10.8. The Morgan fingerprint density at radius 1 is 0.962 bits per heavy atom. The maximum absolute atomic E-state index is 13.4. The molecular weight excluding hydrogens is 410 g/mol. The second-order valence-electron chi connectivity index (χ2n) is 6.25. The number of carbonyl (C=O) groups excluding carboxylic acids is 2. The van der Waals surface area contributed by atoms with Crippen molar-refractivity contribution in [2.45, 2.75) is 39.8 Å². The first-order chi connectivity index (χ1) is 12.2. The van der Waals surface area contributed by atoms with Crippen LogP contribution in [0.5, 0.6) is 0 Å². The second-order valence-corrected chi connectivity index (χ2v) is 9.93. The van der Waals surface area contributed by atoms with Crippen molar-refractivity contribution in [3.05, 3.63) is 67.7 Å². The van der Waals surface area contributed by atoms with Crippen LogP contribution in [0.3, 0.4) is 0 Å². The molecular formula is C20H20Cl3O2P. The Labute approximate surface area is 170 Å². The Bertz CT molecular complexity index is 821. The lowest BCUT2D eigenvalue weighted by Gasteiger charge is -2.23. The van der Waals surface area contributed by atoms with Crippen LogP contribution in [0.2, 0.25) is 15.1 Å². The lowest BCUT2D eigenvalue weighted by molar-refractivity contribution is 0.105. The lowest BCUT2D eigenvalue weighted by atomic mass is 10.0. The molecule has 2 unspecified atom stereocenters. The summed E-state index contributed by atoms with van der Waals surface area (Å²) in [4.78, 5) is 26.7. The highest BCUT2D eigenvalue weighted by Crippen LogP contribution is 2.51. The normalized spacial score (nSPS) is 13.3.